The van der Waals surface area contributed by atoms with Crippen molar-refractivity contribution in [2.24, 2.45) is 5.92 Å². The second kappa shape index (κ2) is 4.72. The molecule has 0 saturated heterocycles. The van der Waals surface area contributed by atoms with Gasteiger partial charge in [0.15, 0.2) is 0 Å². The van der Waals surface area contributed by atoms with Gasteiger partial charge >= 0.3 is 0 Å². The van der Waals surface area contributed by atoms with Gasteiger partial charge in [0.05, 0.1) is 8.49 Å². The SMILES string of the molecule is CC(C)Cc1ccc(I)c([N+](=O)[O-])c1. The number of hydrogen-bond acceptors (Lipinski definition) is 2. The number of benzene rings is 1. The van der Waals surface area contributed by atoms with E-state index in [1.807, 2.05) is 28.7 Å². The molecule has 1 rings (SSSR count). The maximum absolute atomic E-state index is 10.7. The minimum Gasteiger partial charge on any atom is -0.258 e. The lowest BCUT2D eigenvalue weighted by atomic mass is 10.0. The van der Waals surface area contributed by atoms with Crippen LogP contribution in [-0.2, 0) is 6.42 Å². The number of nitro benzene ring substituents is 1. The second-order valence-electron chi connectivity index (χ2n) is 3.64. The first-order chi connectivity index (χ1) is 6.50. The fraction of sp³-hybridized carbons (Fsp3) is 0.400. The zero-order chi connectivity index (χ0) is 10.7. The molecule has 0 aromatic heterocycles. The molecular formula is C10H12INO2. The first kappa shape index (κ1) is 11.4. The molecule has 1 aromatic carbocycles. The summed E-state index contributed by atoms with van der Waals surface area (Å²) in [5.74, 6) is 0.523. The van der Waals surface area contributed by atoms with Crippen LogP contribution in [0.1, 0.15) is 19.4 Å². The Bertz CT molecular complexity index is 350. The van der Waals surface area contributed by atoms with E-state index in [0.29, 0.717) is 9.49 Å². The lowest BCUT2D eigenvalue weighted by Crippen LogP contribution is -1.97. The fourth-order valence-electron chi connectivity index (χ4n) is 1.30. The Hall–Kier alpha value is -0.650. The van der Waals surface area contributed by atoms with Gasteiger partial charge < -0.3 is 0 Å². The molecule has 0 aliphatic heterocycles. The van der Waals surface area contributed by atoms with Crippen molar-refractivity contribution < 1.29 is 4.92 Å². The quantitative estimate of drug-likeness (QED) is 0.488. The number of rotatable bonds is 3. The Labute approximate surface area is 96.8 Å². The summed E-state index contributed by atoms with van der Waals surface area (Å²) in [5, 5.41) is 10.7. The van der Waals surface area contributed by atoms with Crippen LogP contribution < -0.4 is 0 Å². The summed E-state index contributed by atoms with van der Waals surface area (Å²) in [6, 6.07) is 5.42. The molecule has 1 aromatic rings. The molecule has 0 bridgehead atoms. The van der Waals surface area contributed by atoms with Crippen molar-refractivity contribution in [1.29, 1.82) is 0 Å². The van der Waals surface area contributed by atoms with E-state index in [1.54, 1.807) is 12.1 Å². The van der Waals surface area contributed by atoms with Gasteiger partial charge in [0, 0.05) is 6.07 Å². The Morgan fingerprint density at radius 2 is 2.14 bits per heavy atom. The fourth-order valence-corrected chi connectivity index (χ4v) is 1.83. The number of halogens is 1. The van der Waals surface area contributed by atoms with Crippen LogP contribution in [0.3, 0.4) is 0 Å². The van der Waals surface area contributed by atoms with E-state index in [-0.39, 0.29) is 10.6 Å². The summed E-state index contributed by atoms with van der Waals surface area (Å²) in [4.78, 5) is 10.3. The van der Waals surface area contributed by atoms with Gasteiger partial charge in [-0.1, -0.05) is 19.9 Å². The monoisotopic (exact) mass is 305 g/mol. The highest BCUT2D eigenvalue weighted by molar-refractivity contribution is 14.1. The molecule has 0 atom stereocenters. The van der Waals surface area contributed by atoms with E-state index in [2.05, 4.69) is 13.8 Å². The summed E-state index contributed by atoms with van der Waals surface area (Å²) in [6.07, 6.45) is 0.887. The highest BCUT2D eigenvalue weighted by Crippen LogP contribution is 2.23. The molecule has 0 N–H and O–H groups in total. The van der Waals surface area contributed by atoms with E-state index >= 15 is 0 Å². The number of hydrogen-bond donors (Lipinski definition) is 0. The van der Waals surface area contributed by atoms with E-state index in [0.717, 1.165) is 12.0 Å². The van der Waals surface area contributed by atoms with Gasteiger partial charge in [-0.25, -0.2) is 0 Å². The topological polar surface area (TPSA) is 43.1 Å². The van der Waals surface area contributed by atoms with Crippen LogP contribution in [0, 0.1) is 19.6 Å². The molecular weight excluding hydrogens is 293 g/mol. The van der Waals surface area contributed by atoms with Gasteiger partial charge in [-0.3, -0.25) is 10.1 Å². The Kier molecular flexibility index (Phi) is 3.86. The number of nitrogens with zero attached hydrogens (tertiary/aromatic N) is 1. The third kappa shape index (κ3) is 2.94. The van der Waals surface area contributed by atoms with Crippen LogP contribution in [0.4, 0.5) is 5.69 Å². The predicted octanol–water partition coefficient (Wildman–Crippen LogP) is 3.40. The van der Waals surface area contributed by atoms with Crippen molar-refractivity contribution >= 4 is 28.3 Å². The third-order valence-corrected chi connectivity index (χ3v) is 2.76. The zero-order valence-electron chi connectivity index (χ0n) is 8.16. The van der Waals surface area contributed by atoms with Crippen molar-refractivity contribution in [3.05, 3.63) is 37.4 Å². The van der Waals surface area contributed by atoms with E-state index in [4.69, 9.17) is 0 Å². The summed E-state index contributed by atoms with van der Waals surface area (Å²) >= 11 is 1.98. The van der Waals surface area contributed by atoms with E-state index in [9.17, 15) is 10.1 Å². The minimum atomic E-state index is -0.328. The molecule has 0 aliphatic rings. The molecule has 0 radical (unpaired) electrons. The second-order valence-corrected chi connectivity index (χ2v) is 4.80. The summed E-state index contributed by atoms with van der Waals surface area (Å²) in [6.45, 7) is 4.20. The Balaban J connectivity index is 3.00. The first-order valence-electron chi connectivity index (χ1n) is 4.43. The first-order valence-corrected chi connectivity index (χ1v) is 5.51. The maximum Gasteiger partial charge on any atom is 0.282 e. The summed E-state index contributed by atoms with van der Waals surface area (Å²) < 4.78 is 0.695. The molecule has 0 spiro atoms. The summed E-state index contributed by atoms with van der Waals surface area (Å²) in [5.41, 5.74) is 1.25. The minimum absolute atomic E-state index is 0.212. The van der Waals surface area contributed by atoms with Gasteiger partial charge in [0.2, 0.25) is 0 Å². The zero-order valence-corrected chi connectivity index (χ0v) is 10.3. The van der Waals surface area contributed by atoms with Gasteiger partial charge in [-0.05, 0) is 46.6 Å². The Morgan fingerprint density at radius 1 is 1.50 bits per heavy atom. The average Bonchev–Trinajstić information content (AvgIpc) is 2.07. The molecule has 3 nitrogen and oxygen atoms in total. The van der Waals surface area contributed by atoms with Crippen LogP contribution in [0.25, 0.3) is 0 Å². The number of nitro groups is 1. The van der Waals surface area contributed by atoms with Crippen molar-refractivity contribution in [2.45, 2.75) is 20.3 Å². The summed E-state index contributed by atoms with van der Waals surface area (Å²) in [7, 11) is 0. The molecule has 0 amide bonds. The molecule has 0 fully saturated rings. The van der Waals surface area contributed by atoms with Crippen molar-refractivity contribution in [3.8, 4) is 0 Å². The van der Waals surface area contributed by atoms with Crippen LogP contribution in [0.5, 0.6) is 0 Å². The molecule has 0 saturated carbocycles. The molecule has 76 valence electrons. The normalized spacial score (nSPS) is 10.6. The Morgan fingerprint density at radius 3 is 2.64 bits per heavy atom. The molecule has 0 aliphatic carbocycles. The highest BCUT2D eigenvalue weighted by atomic mass is 127. The standard InChI is InChI=1S/C10H12INO2/c1-7(2)5-8-3-4-9(11)10(6-8)12(13)14/h3-4,6-7H,5H2,1-2H3. The average molecular weight is 305 g/mol. The molecule has 4 heteroatoms. The van der Waals surface area contributed by atoms with Crippen LogP contribution >= 0.6 is 22.6 Å². The molecule has 14 heavy (non-hydrogen) atoms. The van der Waals surface area contributed by atoms with Gasteiger partial charge in [-0.15, -0.1) is 0 Å². The maximum atomic E-state index is 10.7. The lowest BCUT2D eigenvalue weighted by Gasteiger charge is -2.04. The molecule has 0 heterocycles. The van der Waals surface area contributed by atoms with E-state index < -0.39 is 0 Å². The lowest BCUT2D eigenvalue weighted by molar-refractivity contribution is -0.385. The van der Waals surface area contributed by atoms with Crippen LogP contribution in [0.15, 0.2) is 18.2 Å². The molecule has 0 unspecified atom stereocenters. The smallest absolute Gasteiger partial charge is 0.258 e. The van der Waals surface area contributed by atoms with Crippen molar-refractivity contribution in [3.63, 3.8) is 0 Å². The van der Waals surface area contributed by atoms with Gasteiger partial charge in [0.1, 0.15) is 0 Å². The van der Waals surface area contributed by atoms with Gasteiger partial charge in [-0.2, -0.15) is 0 Å². The van der Waals surface area contributed by atoms with Crippen LogP contribution in [-0.4, -0.2) is 4.92 Å². The van der Waals surface area contributed by atoms with Crippen molar-refractivity contribution in [1.82, 2.24) is 0 Å². The predicted molar refractivity (Wildman–Crippen MR) is 64.4 cm³/mol. The van der Waals surface area contributed by atoms with Crippen LogP contribution in [0.2, 0.25) is 0 Å². The highest BCUT2D eigenvalue weighted by Gasteiger charge is 2.12. The third-order valence-electron chi connectivity index (χ3n) is 1.85. The van der Waals surface area contributed by atoms with E-state index in [1.165, 1.54) is 0 Å². The van der Waals surface area contributed by atoms with Crippen molar-refractivity contribution in [2.75, 3.05) is 0 Å². The van der Waals surface area contributed by atoms with Gasteiger partial charge in [0.25, 0.3) is 5.69 Å². The largest absolute Gasteiger partial charge is 0.282 e.